The van der Waals surface area contributed by atoms with E-state index < -0.39 is 12.7 Å². The lowest BCUT2D eigenvalue weighted by atomic mass is 10.1. The lowest BCUT2D eigenvalue weighted by Crippen LogP contribution is -2.52. The van der Waals surface area contributed by atoms with E-state index in [0.29, 0.717) is 37.6 Å². The van der Waals surface area contributed by atoms with Crippen LogP contribution in [0.15, 0.2) is 0 Å². The minimum Gasteiger partial charge on any atom is -0.393 e. The fraction of sp³-hybridized carbons (Fsp3) is 0.900. The maximum absolute atomic E-state index is 12.2. The molecule has 0 bridgehead atoms. The summed E-state index contributed by atoms with van der Waals surface area (Å²) in [7, 11) is 0. The summed E-state index contributed by atoms with van der Waals surface area (Å²) < 4.78 is 36.5. The summed E-state index contributed by atoms with van der Waals surface area (Å²) in [6.45, 7) is 3.35. The van der Waals surface area contributed by atoms with Gasteiger partial charge in [0.25, 0.3) is 0 Å². The highest BCUT2D eigenvalue weighted by molar-refractivity contribution is 7.80. The molecule has 0 aromatic rings. The molecule has 0 spiro atoms. The van der Waals surface area contributed by atoms with Gasteiger partial charge in [0.05, 0.1) is 11.5 Å². The van der Waals surface area contributed by atoms with Gasteiger partial charge in [-0.3, -0.25) is 9.80 Å². The topological polar surface area (TPSA) is 32.5 Å². The molecule has 100 valence electrons. The third-order valence-corrected chi connectivity index (χ3v) is 3.10. The van der Waals surface area contributed by atoms with E-state index in [1.54, 1.807) is 0 Å². The standard InChI is InChI=1S/C10H18F3N3S/c1-8(6-9(14)17)16-4-2-15(3-5-16)7-10(11,12)13/h8H,2-7H2,1H3,(H2,14,17). The van der Waals surface area contributed by atoms with Crippen LogP contribution in [-0.4, -0.2) is 59.7 Å². The fourth-order valence-corrected chi connectivity index (χ4v) is 2.28. The molecule has 7 heteroatoms. The fourth-order valence-electron chi connectivity index (χ4n) is 2.04. The number of hydrogen-bond acceptors (Lipinski definition) is 3. The number of rotatable bonds is 4. The van der Waals surface area contributed by atoms with Crippen LogP contribution in [0.3, 0.4) is 0 Å². The molecule has 17 heavy (non-hydrogen) atoms. The van der Waals surface area contributed by atoms with Gasteiger partial charge in [0.1, 0.15) is 0 Å². The van der Waals surface area contributed by atoms with Crippen LogP contribution in [0.2, 0.25) is 0 Å². The Morgan fingerprint density at radius 3 is 2.24 bits per heavy atom. The first-order chi connectivity index (χ1) is 7.78. The largest absolute Gasteiger partial charge is 0.401 e. The molecule has 1 atom stereocenters. The third-order valence-electron chi connectivity index (χ3n) is 2.93. The zero-order chi connectivity index (χ0) is 13.1. The predicted octanol–water partition coefficient (Wildman–Crippen LogP) is 1.23. The summed E-state index contributed by atoms with van der Waals surface area (Å²) in [6.07, 6.45) is -3.48. The van der Waals surface area contributed by atoms with Crippen molar-refractivity contribution in [2.75, 3.05) is 32.7 Å². The molecule has 1 saturated heterocycles. The van der Waals surface area contributed by atoms with Crippen LogP contribution >= 0.6 is 12.2 Å². The van der Waals surface area contributed by atoms with Crippen LogP contribution < -0.4 is 5.73 Å². The number of thiocarbonyl (C=S) groups is 1. The van der Waals surface area contributed by atoms with Crippen molar-refractivity contribution in [2.45, 2.75) is 25.6 Å². The highest BCUT2D eigenvalue weighted by Gasteiger charge is 2.32. The molecule has 0 saturated carbocycles. The summed E-state index contributed by atoms with van der Waals surface area (Å²) >= 11 is 4.83. The third kappa shape index (κ3) is 5.65. The van der Waals surface area contributed by atoms with Crippen molar-refractivity contribution in [2.24, 2.45) is 5.73 Å². The van der Waals surface area contributed by atoms with Crippen molar-refractivity contribution in [1.29, 1.82) is 0 Å². The molecule has 1 fully saturated rings. The number of halogens is 3. The number of piperazine rings is 1. The highest BCUT2D eigenvalue weighted by Crippen LogP contribution is 2.18. The van der Waals surface area contributed by atoms with Crippen molar-refractivity contribution in [3.8, 4) is 0 Å². The molecule has 1 aliphatic heterocycles. The lowest BCUT2D eigenvalue weighted by molar-refractivity contribution is -0.149. The molecular weight excluding hydrogens is 251 g/mol. The van der Waals surface area contributed by atoms with Crippen LogP contribution in [0.1, 0.15) is 13.3 Å². The van der Waals surface area contributed by atoms with Gasteiger partial charge in [0, 0.05) is 38.6 Å². The molecule has 3 nitrogen and oxygen atoms in total. The number of nitrogens with zero attached hydrogens (tertiary/aromatic N) is 2. The van der Waals surface area contributed by atoms with Gasteiger partial charge in [-0.25, -0.2) is 0 Å². The number of hydrogen-bond donors (Lipinski definition) is 1. The quantitative estimate of drug-likeness (QED) is 0.778. The van der Waals surface area contributed by atoms with Gasteiger partial charge in [-0.1, -0.05) is 12.2 Å². The normalized spacial score (nSPS) is 21.4. The SMILES string of the molecule is CC(CC(N)=S)N1CCN(CC(F)(F)F)CC1. The van der Waals surface area contributed by atoms with E-state index in [0.717, 1.165) is 0 Å². The Bertz CT molecular complexity index is 262. The molecule has 0 radical (unpaired) electrons. The van der Waals surface area contributed by atoms with E-state index in [4.69, 9.17) is 18.0 Å². The van der Waals surface area contributed by atoms with Gasteiger partial charge in [-0.05, 0) is 6.92 Å². The molecular formula is C10H18F3N3S. The average molecular weight is 269 g/mol. The number of nitrogens with two attached hydrogens (primary N) is 1. The maximum atomic E-state index is 12.2. The summed E-state index contributed by atoms with van der Waals surface area (Å²) in [4.78, 5) is 4.02. The first kappa shape index (κ1) is 14.7. The molecule has 1 heterocycles. The van der Waals surface area contributed by atoms with Gasteiger partial charge in [-0.15, -0.1) is 0 Å². The van der Waals surface area contributed by atoms with Crippen molar-refractivity contribution < 1.29 is 13.2 Å². The second kappa shape index (κ2) is 5.97. The van der Waals surface area contributed by atoms with Crippen LogP contribution in [0.25, 0.3) is 0 Å². The van der Waals surface area contributed by atoms with E-state index in [1.807, 2.05) is 6.92 Å². The molecule has 1 aliphatic rings. The lowest BCUT2D eigenvalue weighted by Gasteiger charge is -2.38. The Morgan fingerprint density at radius 2 is 1.82 bits per heavy atom. The van der Waals surface area contributed by atoms with Gasteiger partial charge in [0.2, 0.25) is 0 Å². The minimum absolute atomic E-state index is 0.209. The summed E-state index contributed by atoms with van der Waals surface area (Å²) in [6, 6.07) is 0.209. The molecule has 0 amide bonds. The van der Waals surface area contributed by atoms with E-state index in [2.05, 4.69) is 4.90 Å². The highest BCUT2D eigenvalue weighted by atomic mass is 32.1. The molecule has 0 aromatic heterocycles. The van der Waals surface area contributed by atoms with E-state index in [9.17, 15) is 13.2 Å². The zero-order valence-corrected chi connectivity index (χ0v) is 10.7. The Hall–Kier alpha value is -0.400. The van der Waals surface area contributed by atoms with Gasteiger partial charge in [-0.2, -0.15) is 13.2 Å². The van der Waals surface area contributed by atoms with Crippen LogP contribution in [0.5, 0.6) is 0 Å². The predicted molar refractivity (Wildman–Crippen MR) is 64.9 cm³/mol. The molecule has 1 unspecified atom stereocenters. The Kier molecular flexibility index (Phi) is 5.15. The summed E-state index contributed by atoms with van der Waals surface area (Å²) in [5.74, 6) is 0. The van der Waals surface area contributed by atoms with Gasteiger partial charge >= 0.3 is 6.18 Å². The second-order valence-corrected chi connectivity index (χ2v) is 4.97. The smallest absolute Gasteiger partial charge is 0.393 e. The second-order valence-electron chi connectivity index (χ2n) is 4.45. The molecule has 1 rings (SSSR count). The summed E-state index contributed by atoms with van der Waals surface area (Å²) in [5, 5.41) is 0. The van der Waals surface area contributed by atoms with Crippen molar-refractivity contribution in [3.05, 3.63) is 0 Å². The first-order valence-corrected chi connectivity index (χ1v) is 6.00. The minimum atomic E-state index is -4.10. The Labute approximate surface area is 105 Å². The van der Waals surface area contributed by atoms with E-state index in [-0.39, 0.29) is 6.04 Å². The summed E-state index contributed by atoms with van der Waals surface area (Å²) in [5.41, 5.74) is 5.46. The van der Waals surface area contributed by atoms with Crippen molar-refractivity contribution in [1.82, 2.24) is 9.80 Å². The maximum Gasteiger partial charge on any atom is 0.401 e. The molecule has 0 aromatic carbocycles. The number of alkyl halides is 3. The van der Waals surface area contributed by atoms with Crippen LogP contribution in [0.4, 0.5) is 13.2 Å². The average Bonchev–Trinajstić information content (AvgIpc) is 2.15. The van der Waals surface area contributed by atoms with E-state index in [1.165, 1.54) is 4.90 Å². The van der Waals surface area contributed by atoms with Crippen molar-refractivity contribution in [3.63, 3.8) is 0 Å². The van der Waals surface area contributed by atoms with Gasteiger partial charge in [0.15, 0.2) is 0 Å². The Morgan fingerprint density at radius 1 is 1.29 bits per heavy atom. The molecule has 0 aliphatic carbocycles. The van der Waals surface area contributed by atoms with Gasteiger partial charge < -0.3 is 5.73 Å². The van der Waals surface area contributed by atoms with Crippen LogP contribution in [0, 0.1) is 0 Å². The first-order valence-electron chi connectivity index (χ1n) is 5.59. The monoisotopic (exact) mass is 269 g/mol. The van der Waals surface area contributed by atoms with Crippen molar-refractivity contribution >= 4 is 17.2 Å². The van der Waals surface area contributed by atoms with Crippen LogP contribution in [-0.2, 0) is 0 Å². The zero-order valence-electron chi connectivity index (χ0n) is 9.83. The molecule has 2 N–H and O–H groups in total. The Balaban J connectivity index is 2.33. The van der Waals surface area contributed by atoms with E-state index >= 15 is 0 Å².